The first-order valence-corrected chi connectivity index (χ1v) is 3.91. The lowest BCUT2D eigenvalue weighted by Crippen LogP contribution is -2.35. The molecule has 1 aromatic heterocycles. The zero-order chi connectivity index (χ0) is 8.23. The normalized spacial score (nSPS) is 23.8. The van der Waals surface area contributed by atoms with Gasteiger partial charge in [0, 0.05) is 12.7 Å². The lowest BCUT2D eigenvalue weighted by Gasteiger charge is -2.21. The quantitative estimate of drug-likeness (QED) is 0.611. The van der Waals surface area contributed by atoms with Crippen LogP contribution >= 0.6 is 0 Å². The van der Waals surface area contributed by atoms with Crippen molar-refractivity contribution in [2.45, 2.75) is 6.04 Å². The molecule has 12 heavy (non-hydrogen) atoms. The molecular weight excluding hydrogens is 156 g/mol. The van der Waals surface area contributed by atoms with Gasteiger partial charge in [-0.05, 0) is 0 Å². The third-order valence-corrected chi connectivity index (χ3v) is 1.73. The Morgan fingerprint density at radius 2 is 2.50 bits per heavy atom. The summed E-state index contributed by atoms with van der Waals surface area (Å²) in [5.74, 6) is 0.706. The van der Waals surface area contributed by atoms with Crippen molar-refractivity contribution in [1.29, 1.82) is 0 Å². The highest BCUT2D eigenvalue weighted by Gasteiger charge is 2.17. The van der Waals surface area contributed by atoms with Gasteiger partial charge in [-0.3, -0.25) is 0 Å². The van der Waals surface area contributed by atoms with E-state index < -0.39 is 0 Å². The number of nitrogens with zero attached hydrogens (tertiary/aromatic N) is 3. The van der Waals surface area contributed by atoms with E-state index in [-0.39, 0.29) is 6.04 Å². The molecule has 1 unspecified atom stereocenters. The van der Waals surface area contributed by atoms with Crippen molar-refractivity contribution in [1.82, 2.24) is 20.5 Å². The number of hydrogen-bond acceptors (Lipinski definition) is 5. The van der Waals surface area contributed by atoms with Gasteiger partial charge >= 0.3 is 0 Å². The monoisotopic (exact) mass is 166 g/mol. The lowest BCUT2D eigenvalue weighted by atomic mass is 10.2. The number of rotatable bonds is 1. The zero-order valence-electron chi connectivity index (χ0n) is 6.60. The summed E-state index contributed by atoms with van der Waals surface area (Å²) < 4.78 is 5.27. The molecule has 0 radical (unpaired) electrons. The fourth-order valence-corrected chi connectivity index (χ4v) is 1.15. The molecule has 5 heteroatoms. The molecule has 1 atom stereocenters. The Bertz CT molecular complexity index is 234. The van der Waals surface area contributed by atoms with E-state index in [9.17, 15) is 0 Å². The fourth-order valence-electron chi connectivity index (χ4n) is 1.15. The number of ether oxygens (including phenoxy) is 1. The van der Waals surface area contributed by atoms with Crippen molar-refractivity contribution in [3.8, 4) is 0 Å². The molecule has 1 fully saturated rings. The van der Waals surface area contributed by atoms with Crippen LogP contribution in [-0.4, -0.2) is 34.9 Å². The highest BCUT2D eigenvalue weighted by atomic mass is 16.5. The van der Waals surface area contributed by atoms with Crippen LogP contribution in [0.4, 0.5) is 0 Å². The maximum Gasteiger partial charge on any atom is 0.170 e. The minimum absolute atomic E-state index is 0.104. The van der Waals surface area contributed by atoms with Gasteiger partial charge in [0.05, 0.1) is 25.5 Å². The summed E-state index contributed by atoms with van der Waals surface area (Å²) >= 11 is 0. The van der Waals surface area contributed by atoms with Gasteiger partial charge in [0.2, 0.25) is 0 Å². The van der Waals surface area contributed by atoms with Crippen LogP contribution in [0, 0.1) is 0 Å². The van der Waals surface area contributed by atoms with Crippen molar-refractivity contribution < 1.29 is 4.74 Å². The molecule has 2 heterocycles. The molecule has 1 N–H and O–H groups in total. The van der Waals surface area contributed by atoms with Crippen molar-refractivity contribution in [3.63, 3.8) is 0 Å². The molecule has 2 rings (SSSR count). The first-order valence-electron chi connectivity index (χ1n) is 3.91. The van der Waals surface area contributed by atoms with Crippen LogP contribution in [0.25, 0.3) is 0 Å². The van der Waals surface area contributed by atoms with Gasteiger partial charge in [-0.2, -0.15) is 5.10 Å². The van der Waals surface area contributed by atoms with Gasteiger partial charge in [-0.1, -0.05) is 0 Å². The largest absolute Gasteiger partial charge is 0.378 e. The van der Waals surface area contributed by atoms with Crippen LogP contribution in [0.3, 0.4) is 0 Å². The molecule has 1 aliphatic rings. The number of aromatic nitrogens is 3. The molecule has 0 saturated carbocycles. The molecule has 0 bridgehead atoms. The summed E-state index contributed by atoms with van der Waals surface area (Å²) in [4.78, 5) is 4.09. The topological polar surface area (TPSA) is 59.9 Å². The van der Waals surface area contributed by atoms with Crippen LogP contribution in [0.1, 0.15) is 11.9 Å². The van der Waals surface area contributed by atoms with E-state index >= 15 is 0 Å². The van der Waals surface area contributed by atoms with Gasteiger partial charge in [0.1, 0.15) is 0 Å². The molecule has 0 aliphatic carbocycles. The summed E-state index contributed by atoms with van der Waals surface area (Å²) in [6.45, 7) is 2.24. The van der Waals surface area contributed by atoms with Crippen LogP contribution in [0.5, 0.6) is 0 Å². The molecule has 1 saturated heterocycles. The Morgan fingerprint density at radius 1 is 1.50 bits per heavy atom. The van der Waals surface area contributed by atoms with Gasteiger partial charge in [0.25, 0.3) is 0 Å². The van der Waals surface area contributed by atoms with Gasteiger partial charge in [-0.25, -0.2) is 4.98 Å². The summed E-state index contributed by atoms with van der Waals surface area (Å²) in [5, 5.41) is 10.9. The van der Waals surface area contributed by atoms with Crippen LogP contribution in [0.2, 0.25) is 0 Å². The third kappa shape index (κ3) is 1.57. The van der Waals surface area contributed by atoms with E-state index in [0.29, 0.717) is 12.4 Å². The lowest BCUT2D eigenvalue weighted by molar-refractivity contribution is 0.0739. The van der Waals surface area contributed by atoms with E-state index in [0.717, 1.165) is 13.2 Å². The molecule has 0 amide bonds. The van der Waals surface area contributed by atoms with E-state index in [1.807, 2.05) is 0 Å². The predicted octanol–water partition coefficient (Wildman–Crippen LogP) is -0.468. The van der Waals surface area contributed by atoms with Gasteiger partial charge in [-0.15, -0.1) is 5.10 Å². The van der Waals surface area contributed by atoms with Gasteiger partial charge < -0.3 is 10.1 Å². The maximum absolute atomic E-state index is 5.27. The van der Waals surface area contributed by atoms with E-state index in [1.54, 1.807) is 12.4 Å². The molecule has 1 aliphatic heterocycles. The Kier molecular flexibility index (Phi) is 2.24. The van der Waals surface area contributed by atoms with Crippen molar-refractivity contribution in [3.05, 3.63) is 18.2 Å². The average molecular weight is 166 g/mol. The Hall–Kier alpha value is -1.07. The smallest absolute Gasteiger partial charge is 0.170 e. The van der Waals surface area contributed by atoms with Crippen LogP contribution in [0.15, 0.2) is 12.4 Å². The van der Waals surface area contributed by atoms with Crippen LogP contribution < -0.4 is 5.32 Å². The first kappa shape index (κ1) is 7.57. The van der Waals surface area contributed by atoms with Gasteiger partial charge in [0.15, 0.2) is 5.82 Å². The minimum Gasteiger partial charge on any atom is -0.378 e. The van der Waals surface area contributed by atoms with Crippen molar-refractivity contribution >= 4 is 0 Å². The zero-order valence-corrected chi connectivity index (χ0v) is 6.60. The first-order chi connectivity index (χ1) is 5.97. The maximum atomic E-state index is 5.27. The fraction of sp³-hybridized carbons (Fsp3) is 0.571. The number of nitrogens with one attached hydrogen (secondary N) is 1. The summed E-state index contributed by atoms with van der Waals surface area (Å²) in [6, 6.07) is 0.104. The highest BCUT2D eigenvalue weighted by Crippen LogP contribution is 2.08. The molecular formula is C7H10N4O. The van der Waals surface area contributed by atoms with E-state index in [2.05, 4.69) is 20.5 Å². The van der Waals surface area contributed by atoms with Crippen molar-refractivity contribution in [2.75, 3.05) is 19.8 Å². The second-order valence-electron chi connectivity index (χ2n) is 2.58. The average Bonchev–Trinajstić information content (AvgIpc) is 2.21. The summed E-state index contributed by atoms with van der Waals surface area (Å²) in [6.07, 6.45) is 3.20. The number of hydrogen-bond donors (Lipinski definition) is 1. The predicted molar refractivity (Wildman–Crippen MR) is 41.4 cm³/mol. The molecule has 64 valence electrons. The molecule has 1 aromatic rings. The Labute approximate surface area is 70.2 Å². The SMILES string of the molecule is c1cnc(C2COCCN2)nn1. The minimum atomic E-state index is 0.104. The number of morpholine rings is 1. The summed E-state index contributed by atoms with van der Waals surface area (Å²) in [5.41, 5.74) is 0. The summed E-state index contributed by atoms with van der Waals surface area (Å²) in [7, 11) is 0. The second kappa shape index (κ2) is 3.55. The Morgan fingerprint density at radius 3 is 3.17 bits per heavy atom. The standard InChI is InChI=1S/C7H10N4O/c1-2-10-11-7(9-1)6-5-12-4-3-8-6/h1-2,6,8H,3-5H2. The molecule has 5 nitrogen and oxygen atoms in total. The highest BCUT2D eigenvalue weighted by molar-refractivity contribution is 4.92. The molecule has 0 spiro atoms. The third-order valence-electron chi connectivity index (χ3n) is 1.73. The Balaban J connectivity index is 2.08. The van der Waals surface area contributed by atoms with E-state index in [4.69, 9.17) is 4.74 Å². The van der Waals surface area contributed by atoms with Crippen LogP contribution in [-0.2, 0) is 4.74 Å². The van der Waals surface area contributed by atoms with E-state index in [1.165, 1.54) is 0 Å². The van der Waals surface area contributed by atoms with Crippen molar-refractivity contribution in [2.24, 2.45) is 0 Å². The second-order valence-corrected chi connectivity index (χ2v) is 2.58. The molecule has 0 aromatic carbocycles.